The van der Waals surface area contributed by atoms with Crippen LogP contribution in [0.25, 0.3) is 11.4 Å². The highest BCUT2D eigenvalue weighted by atomic mass is 19.4. The first-order valence-corrected chi connectivity index (χ1v) is 6.41. The zero-order chi connectivity index (χ0) is 14.9. The molecular formula is C13H12F3N3O2. The van der Waals surface area contributed by atoms with E-state index in [0.29, 0.717) is 11.3 Å². The first-order chi connectivity index (χ1) is 10.0. The maximum atomic E-state index is 12.4. The largest absolute Gasteiger partial charge is 0.489 e. The normalized spacial score (nSPS) is 18.9. The molecule has 1 fully saturated rings. The number of nitrogens with one attached hydrogen (secondary N) is 1. The van der Waals surface area contributed by atoms with Gasteiger partial charge in [-0.2, -0.15) is 18.2 Å². The topological polar surface area (TPSA) is 60.2 Å². The van der Waals surface area contributed by atoms with E-state index in [2.05, 4.69) is 20.0 Å². The van der Waals surface area contributed by atoms with Crippen molar-refractivity contribution in [2.45, 2.75) is 18.7 Å². The predicted octanol–water partition coefficient (Wildman–Crippen LogP) is 2.50. The second kappa shape index (κ2) is 5.36. The summed E-state index contributed by atoms with van der Waals surface area (Å²) in [6.07, 6.45) is -3.68. The van der Waals surface area contributed by atoms with Crippen LogP contribution < -0.4 is 10.1 Å². The van der Waals surface area contributed by atoms with Crippen molar-refractivity contribution >= 4 is 0 Å². The first kappa shape index (κ1) is 13.9. The maximum absolute atomic E-state index is 12.4. The van der Waals surface area contributed by atoms with Crippen LogP contribution in [0.15, 0.2) is 28.8 Å². The number of rotatable bonds is 3. The summed E-state index contributed by atoms with van der Waals surface area (Å²) < 4.78 is 47.3. The Morgan fingerprint density at radius 1 is 1.33 bits per heavy atom. The van der Waals surface area contributed by atoms with Crippen molar-refractivity contribution in [3.8, 4) is 17.1 Å². The van der Waals surface area contributed by atoms with E-state index in [-0.39, 0.29) is 11.9 Å². The average Bonchev–Trinajstić information content (AvgIpc) is 3.09. The molecule has 0 bridgehead atoms. The van der Waals surface area contributed by atoms with Gasteiger partial charge in [-0.3, -0.25) is 0 Å². The van der Waals surface area contributed by atoms with Crippen molar-refractivity contribution in [2.24, 2.45) is 0 Å². The first-order valence-electron chi connectivity index (χ1n) is 6.41. The van der Waals surface area contributed by atoms with E-state index in [4.69, 9.17) is 4.74 Å². The summed E-state index contributed by atoms with van der Waals surface area (Å²) in [4.78, 5) is 3.35. The van der Waals surface area contributed by atoms with Crippen LogP contribution in [0.1, 0.15) is 12.3 Å². The van der Waals surface area contributed by atoms with Gasteiger partial charge in [0.2, 0.25) is 5.82 Å². The van der Waals surface area contributed by atoms with Gasteiger partial charge in [0.15, 0.2) is 0 Å². The smallest absolute Gasteiger partial charge is 0.471 e. The summed E-state index contributed by atoms with van der Waals surface area (Å²) in [7, 11) is 0. The van der Waals surface area contributed by atoms with Gasteiger partial charge in [0.25, 0.3) is 0 Å². The minimum Gasteiger partial charge on any atom is -0.489 e. The number of nitrogens with zero attached hydrogens (tertiary/aromatic N) is 2. The van der Waals surface area contributed by atoms with Gasteiger partial charge in [0.1, 0.15) is 11.9 Å². The van der Waals surface area contributed by atoms with Crippen molar-refractivity contribution in [3.63, 3.8) is 0 Å². The summed E-state index contributed by atoms with van der Waals surface area (Å²) in [5.41, 5.74) is 0.415. The number of hydrogen-bond donors (Lipinski definition) is 1. The molecule has 2 heterocycles. The van der Waals surface area contributed by atoms with Gasteiger partial charge in [-0.15, -0.1) is 0 Å². The van der Waals surface area contributed by atoms with Crippen molar-refractivity contribution < 1.29 is 22.4 Å². The molecule has 0 aliphatic carbocycles. The van der Waals surface area contributed by atoms with Crippen LogP contribution >= 0.6 is 0 Å². The quantitative estimate of drug-likeness (QED) is 0.943. The molecule has 8 heteroatoms. The van der Waals surface area contributed by atoms with E-state index in [1.54, 1.807) is 24.3 Å². The molecule has 0 spiro atoms. The number of alkyl halides is 3. The van der Waals surface area contributed by atoms with Crippen molar-refractivity contribution in [1.29, 1.82) is 0 Å². The van der Waals surface area contributed by atoms with Crippen molar-refractivity contribution in [2.75, 3.05) is 13.1 Å². The van der Waals surface area contributed by atoms with Crippen LogP contribution in [0.5, 0.6) is 5.75 Å². The molecule has 112 valence electrons. The standard InChI is InChI=1S/C13H12F3N3O2/c14-13(15,16)12-18-11(19-21-12)8-2-1-3-9(6-8)20-10-4-5-17-7-10/h1-3,6,10,17H,4-5,7H2. The Hall–Kier alpha value is -2.09. The molecule has 1 aromatic carbocycles. The SMILES string of the molecule is FC(F)(F)c1nc(-c2cccc(OC3CCNC3)c2)no1. The van der Waals surface area contributed by atoms with Crippen LogP contribution in [-0.2, 0) is 6.18 Å². The molecule has 2 aromatic rings. The van der Waals surface area contributed by atoms with Gasteiger partial charge in [-0.05, 0) is 25.1 Å². The summed E-state index contributed by atoms with van der Waals surface area (Å²) in [6.45, 7) is 1.65. The fourth-order valence-corrected chi connectivity index (χ4v) is 2.09. The zero-order valence-corrected chi connectivity index (χ0v) is 10.9. The molecule has 1 unspecified atom stereocenters. The number of hydrogen-bond acceptors (Lipinski definition) is 5. The van der Waals surface area contributed by atoms with Gasteiger partial charge in [0.05, 0.1) is 0 Å². The highest BCUT2D eigenvalue weighted by molar-refractivity contribution is 5.56. The molecule has 1 atom stereocenters. The predicted molar refractivity (Wildman–Crippen MR) is 66.6 cm³/mol. The molecule has 3 rings (SSSR count). The summed E-state index contributed by atoms with van der Waals surface area (Å²) in [5.74, 6) is -0.902. The maximum Gasteiger partial charge on any atom is 0.471 e. The minimum absolute atomic E-state index is 0.0660. The molecular weight excluding hydrogens is 287 g/mol. The molecule has 1 aromatic heterocycles. The molecule has 5 nitrogen and oxygen atoms in total. The van der Waals surface area contributed by atoms with Crippen LogP contribution in [0.3, 0.4) is 0 Å². The Morgan fingerprint density at radius 3 is 2.86 bits per heavy atom. The second-order valence-electron chi connectivity index (χ2n) is 4.68. The highest BCUT2D eigenvalue weighted by Crippen LogP contribution is 2.30. The lowest BCUT2D eigenvalue weighted by Gasteiger charge is -2.12. The molecule has 1 saturated heterocycles. The Bertz CT molecular complexity index is 621. The lowest BCUT2D eigenvalue weighted by Crippen LogP contribution is -2.19. The molecule has 0 saturated carbocycles. The zero-order valence-electron chi connectivity index (χ0n) is 10.9. The molecule has 21 heavy (non-hydrogen) atoms. The van der Waals surface area contributed by atoms with Crippen LogP contribution in [0.2, 0.25) is 0 Å². The molecule has 1 aliphatic rings. The Balaban J connectivity index is 1.80. The minimum atomic E-state index is -4.64. The van der Waals surface area contributed by atoms with E-state index in [0.717, 1.165) is 19.5 Å². The third-order valence-corrected chi connectivity index (χ3v) is 3.08. The van der Waals surface area contributed by atoms with Crippen molar-refractivity contribution in [3.05, 3.63) is 30.2 Å². The fraction of sp³-hybridized carbons (Fsp3) is 0.385. The summed E-state index contributed by atoms with van der Waals surface area (Å²) >= 11 is 0. The van der Waals surface area contributed by atoms with E-state index < -0.39 is 12.1 Å². The Kier molecular flexibility index (Phi) is 3.54. The van der Waals surface area contributed by atoms with Gasteiger partial charge in [-0.25, -0.2) is 0 Å². The van der Waals surface area contributed by atoms with Crippen LogP contribution in [0, 0.1) is 0 Å². The summed E-state index contributed by atoms with van der Waals surface area (Å²) in [5, 5.41) is 6.52. The third-order valence-electron chi connectivity index (χ3n) is 3.08. The fourth-order valence-electron chi connectivity index (χ4n) is 2.09. The molecule has 1 aliphatic heterocycles. The number of halogens is 3. The number of ether oxygens (including phenoxy) is 1. The number of benzene rings is 1. The monoisotopic (exact) mass is 299 g/mol. The van der Waals surface area contributed by atoms with Gasteiger partial charge in [0, 0.05) is 12.1 Å². The van der Waals surface area contributed by atoms with Crippen molar-refractivity contribution in [1.82, 2.24) is 15.5 Å². The van der Waals surface area contributed by atoms with E-state index >= 15 is 0 Å². The highest BCUT2D eigenvalue weighted by Gasteiger charge is 2.38. The summed E-state index contributed by atoms with van der Waals surface area (Å²) in [6, 6.07) is 6.62. The Labute approximate surface area is 118 Å². The molecule has 0 amide bonds. The van der Waals surface area contributed by atoms with Crippen LogP contribution in [0.4, 0.5) is 13.2 Å². The third kappa shape index (κ3) is 3.15. The van der Waals surface area contributed by atoms with E-state index in [1.807, 2.05) is 0 Å². The van der Waals surface area contributed by atoms with E-state index in [9.17, 15) is 13.2 Å². The second-order valence-corrected chi connectivity index (χ2v) is 4.68. The lowest BCUT2D eigenvalue weighted by atomic mass is 10.2. The van der Waals surface area contributed by atoms with Gasteiger partial charge >= 0.3 is 12.1 Å². The molecule has 1 N–H and O–H groups in total. The number of aromatic nitrogens is 2. The lowest BCUT2D eigenvalue weighted by molar-refractivity contribution is -0.159. The van der Waals surface area contributed by atoms with Gasteiger partial charge in [-0.1, -0.05) is 17.3 Å². The van der Waals surface area contributed by atoms with Crippen LogP contribution in [-0.4, -0.2) is 29.3 Å². The average molecular weight is 299 g/mol. The van der Waals surface area contributed by atoms with Gasteiger partial charge < -0.3 is 14.6 Å². The molecule has 0 radical (unpaired) electrons. The van der Waals surface area contributed by atoms with E-state index in [1.165, 1.54) is 0 Å². The Morgan fingerprint density at radius 2 is 2.19 bits per heavy atom.